The molecule has 1 atom stereocenters. The molecule has 2 aromatic carbocycles. The maximum Gasteiger partial charge on any atom is 0.0780 e. The van der Waals surface area contributed by atoms with E-state index < -0.39 is 0 Å². The summed E-state index contributed by atoms with van der Waals surface area (Å²) < 4.78 is 0. The standard InChI is InChI=1S/C18H23NS/c1-15-9-7-8-12-17(15)20-18(13-14-19(2)3)16-10-5-4-6-11-16/h4-12,18H,13-14H2,1-3H3/p+1/t18-/m0/s1. The lowest BCUT2D eigenvalue weighted by atomic mass is 10.1. The third-order valence-electron chi connectivity index (χ3n) is 3.44. The molecule has 2 aromatic rings. The predicted octanol–water partition coefficient (Wildman–Crippen LogP) is 3.36. The van der Waals surface area contributed by atoms with E-state index >= 15 is 0 Å². The molecule has 0 spiro atoms. The van der Waals surface area contributed by atoms with Gasteiger partial charge in [0.25, 0.3) is 0 Å². The van der Waals surface area contributed by atoms with E-state index in [4.69, 9.17) is 0 Å². The molecule has 2 heteroatoms. The molecule has 106 valence electrons. The summed E-state index contributed by atoms with van der Waals surface area (Å²) in [5.41, 5.74) is 2.80. The second-order valence-electron chi connectivity index (χ2n) is 5.53. The van der Waals surface area contributed by atoms with Crippen LogP contribution >= 0.6 is 11.8 Å². The number of hydrogen-bond donors (Lipinski definition) is 1. The van der Waals surface area contributed by atoms with Crippen molar-refractivity contribution >= 4 is 11.8 Å². The molecular formula is C18H24NS+. The van der Waals surface area contributed by atoms with E-state index in [1.54, 1.807) is 0 Å². The third kappa shape index (κ3) is 4.39. The van der Waals surface area contributed by atoms with Crippen LogP contribution in [0.4, 0.5) is 0 Å². The minimum Gasteiger partial charge on any atom is -0.340 e. The van der Waals surface area contributed by atoms with Crippen LogP contribution < -0.4 is 4.90 Å². The fraction of sp³-hybridized carbons (Fsp3) is 0.333. The molecule has 0 aliphatic rings. The van der Waals surface area contributed by atoms with Crippen LogP contribution in [0, 0.1) is 6.92 Å². The van der Waals surface area contributed by atoms with Crippen molar-refractivity contribution in [3.8, 4) is 0 Å². The fourth-order valence-corrected chi connectivity index (χ4v) is 3.47. The van der Waals surface area contributed by atoms with E-state index in [0.29, 0.717) is 5.25 Å². The van der Waals surface area contributed by atoms with Gasteiger partial charge in [-0.05, 0) is 24.1 Å². The summed E-state index contributed by atoms with van der Waals surface area (Å²) in [5.74, 6) is 0. The number of nitrogens with one attached hydrogen (secondary N) is 1. The molecule has 1 N–H and O–H groups in total. The topological polar surface area (TPSA) is 4.44 Å². The summed E-state index contributed by atoms with van der Waals surface area (Å²) in [6.45, 7) is 3.39. The number of thioether (sulfide) groups is 1. The van der Waals surface area contributed by atoms with Gasteiger partial charge >= 0.3 is 0 Å². The Kier molecular flexibility index (Phi) is 5.69. The Balaban J connectivity index is 2.16. The van der Waals surface area contributed by atoms with Gasteiger partial charge in [0.15, 0.2) is 0 Å². The third-order valence-corrected chi connectivity index (χ3v) is 4.95. The Morgan fingerprint density at radius 1 is 0.950 bits per heavy atom. The highest BCUT2D eigenvalue weighted by Gasteiger charge is 2.15. The highest BCUT2D eigenvalue weighted by molar-refractivity contribution is 7.99. The molecule has 0 aromatic heterocycles. The van der Waals surface area contributed by atoms with Crippen molar-refractivity contribution in [3.05, 3.63) is 65.7 Å². The quantitative estimate of drug-likeness (QED) is 0.798. The smallest absolute Gasteiger partial charge is 0.0780 e. The van der Waals surface area contributed by atoms with Gasteiger partial charge in [0, 0.05) is 16.6 Å². The number of rotatable bonds is 6. The van der Waals surface area contributed by atoms with Gasteiger partial charge in [-0.2, -0.15) is 0 Å². The van der Waals surface area contributed by atoms with Crippen LogP contribution in [0.25, 0.3) is 0 Å². The molecule has 20 heavy (non-hydrogen) atoms. The Hall–Kier alpha value is -1.25. The van der Waals surface area contributed by atoms with Gasteiger partial charge in [0.2, 0.25) is 0 Å². The van der Waals surface area contributed by atoms with E-state index in [0.717, 1.165) is 0 Å². The lowest BCUT2D eigenvalue weighted by Crippen LogP contribution is -3.05. The Morgan fingerprint density at radius 2 is 1.60 bits per heavy atom. The summed E-state index contributed by atoms with van der Waals surface area (Å²) >= 11 is 2.00. The van der Waals surface area contributed by atoms with Crippen LogP contribution in [0.3, 0.4) is 0 Å². The van der Waals surface area contributed by atoms with Crippen LogP contribution in [-0.4, -0.2) is 20.6 Å². The van der Waals surface area contributed by atoms with Gasteiger partial charge in [0.05, 0.1) is 20.6 Å². The van der Waals surface area contributed by atoms with Gasteiger partial charge < -0.3 is 4.90 Å². The van der Waals surface area contributed by atoms with E-state index in [2.05, 4.69) is 75.6 Å². The van der Waals surface area contributed by atoms with Gasteiger partial charge in [-0.15, -0.1) is 11.8 Å². The first-order valence-electron chi connectivity index (χ1n) is 7.23. The number of quaternary nitrogens is 1. The first-order valence-corrected chi connectivity index (χ1v) is 8.11. The van der Waals surface area contributed by atoms with Crippen molar-refractivity contribution in [2.45, 2.75) is 23.5 Å². The number of benzene rings is 2. The molecular weight excluding hydrogens is 262 g/mol. The molecule has 0 unspecified atom stereocenters. The highest BCUT2D eigenvalue weighted by atomic mass is 32.2. The molecule has 0 radical (unpaired) electrons. The van der Waals surface area contributed by atoms with Crippen LogP contribution in [0.2, 0.25) is 0 Å². The molecule has 2 rings (SSSR count). The largest absolute Gasteiger partial charge is 0.340 e. The summed E-state index contributed by atoms with van der Waals surface area (Å²) in [5, 5.41) is 0.534. The Bertz CT molecular complexity index is 522. The van der Waals surface area contributed by atoms with E-state index in [9.17, 15) is 0 Å². The lowest BCUT2D eigenvalue weighted by Gasteiger charge is -2.19. The lowest BCUT2D eigenvalue weighted by molar-refractivity contribution is -0.858. The Morgan fingerprint density at radius 3 is 2.25 bits per heavy atom. The minimum atomic E-state index is 0.534. The second-order valence-corrected chi connectivity index (χ2v) is 6.77. The van der Waals surface area contributed by atoms with E-state index in [-0.39, 0.29) is 0 Å². The zero-order chi connectivity index (χ0) is 14.4. The van der Waals surface area contributed by atoms with Gasteiger partial charge in [-0.25, -0.2) is 0 Å². The zero-order valence-electron chi connectivity index (χ0n) is 12.6. The van der Waals surface area contributed by atoms with Crippen molar-refractivity contribution in [3.63, 3.8) is 0 Å². The van der Waals surface area contributed by atoms with Crippen molar-refractivity contribution in [2.75, 3.05) is 20.6 Å². The van der Waals surface area contributed by atoms with Crippen LogP contribution in [0.1, 0.15) is 22.8 Å². The predicted molar refractivity (Wildman–Crippen MR) is 88.5 cm³/mol. The van der Waals surface area contributed by atoms with Crippen LogP contribution in [0.5, 0.6) is 0 Å². The molecule has 0 fully saturated rings. The summed E-state index contributed by atoms with van der Waals surface area (Å²) in [4.78, 5) is 2.91. The zero-order valence-corrected chi connectivity index (χ0v) is 13.4. The van der Waals surface area contributed by atoms with Crippen LogP contribution in [0.15, 0.2) is 59.5 Å². The average molecular weight is 286 g/mol. The van der Waals surface area contributed by atoms with Crippen molar-refractivity contribution < 1.29 is 4.90 Å². The molecule has 0 saturated carbocycles. The van der Waals surface area contributed by atoms with Gasteiger partial charge in [-0.1, -0.05) is 48.5 Å². The molecule has 0 saturated heterocycles. The number of aryl methyl sites for hydroxylation is 1. The van der Waals surface area contributed by atoms with Crippen molar-refractivity contribution in [1.82, 2.24) is 0 Å². The minimum absolute atomic E-state index is 0.534. The highest BCUT2D eigenvalue weighted by Crippen LogP contribution is 2.38. The summed E-state index contributed by atoms with van der Waals surface area (Å²) in [6, 6.07) is 19.6. The molecule has 0 heterocycles. The van der Waals surface area contributed by atoms with Crippen LogP contribution in [-0.2, 0) is 0 Å². The first kappa shape index (κ1) is 15.1. The van der Waals surface area contributed by atoms with E-state index in [1.165, 1.54) is 33.9 Å². The maximum absolute atomic E-state index is 2.25. The fourth-order valence-electron chi connectivity index (χ4n) is 2.22. The normalized spacial score (nSPS) is 12.6. The van der Waals surface area contributed by atoms with Crippen molar-refractivity contribution in [1.29, 1.82) is 0 Å². The first-order chi connectivity index (χ1) is 9.66. The summed E-state index contributed by atoms with van der Waals surface area (Å²) in [7, 11) is 4.45. The molecule has 0 aliphatic carbocycles. The Labute approximate surface area is 127 Å². The maximum atomic E-state index is 2.25. The van der Waals surface area contributed by atoms with Crippen molar-refractivity contribution in [2.24, 2.45) is 0 Å². The molecule has 0 amide bonds. The average Bonchev–Trinajstić information content (AvgIpc) is 2.46. The van der Waals surface area contributed by atoms with E-state index in [1.807, 2.05) is 11.8 Å². The molecule has 1 nitrogen and oxygen atoms in total. The molecule has 0 bridgehead atoms. The number of hydrogen-bond acceptors (Lipinski definition) is 1. The van der Waals surface area contributed by atoms with Gasteiger partial charge in [-0.3, -0.25) is 0 Å². The monoisotopic (exact) mass is 286 g/mol. The molecule has 0 aliphatic heterocycles. The summed E-state index contributed by atoms with van der Waals surface area (Å²) in [6.07, 6.45) is 1.20. The van der Waals surface area contributed by atoms with Gasteiger partial charge in [0.1, 0.15) is 0 Å². The SMILES string of the molecule is Cc1ccccc1S[C@@H](CC[NH+](C)C)c1ccccc1. The second kappa shape index (κ2) is 7.51.